The van der Waals surface area contributed by atoms with Crippen LogP contribution in [0, 0.1) is 11.8 Å². The van der Waals surface area contributed by atoms with E-state index in [0.29, 0.717) is 5.92 Å². The zero-order valence-electron chi connectivity index (χ0n) is 10.3. The monoisotopic (exact) mass is 213 g/mol. The van der Waals surface area contributed by atoms with Gasteiger partial charge in [0.15, 0.2) is 0 Å². The van der Waals surface area contributed by atoms with Crippen molar-refractivity contribution in [3.8, 4) is 0 Å². The van der Waals surface area contributed by atoms with E-state index in [4.69, 9.17) is 5.73 Å². The van der Waals surface area contributed by atoms with Gasteiger partial charge in [0, 0.05) is 6.54 Å². The van der Waals surface area contributed by atoms with Crippen LogP contribution in [0.25, 0.3) is 0 Å². The summed E-state index contributed by atoms with van der Waals surface area (Å²) in [6.07, 6.45) is 3.96. The summed E-state index contributed by atoms with van der Waals surface area (Å²) in [6, 6.07) is 0. The summed E-state index contributed by atoms with van der Waals surface area (Å²) in [5, 5.41) is 3.56. The van der Waals surface area contributed by atoms with Gasteiger partial charge in [0.05, 0.1) is 0 Å². The summed E-state index contributed by atoms with van der Waals surface area (Å²) in [4.78, 5) is 2.44. The molecule has 3 nitrogen and oxygen atoms in total. The largest absolute Gasteiger partial charge is 0.330 e. The second kappa shape index (κ2) is 7.20. The molecule has 1 aliphatic heterocycles. The lowest BCUT2D eigenvalue weighted by Crippen LogP contribution is -2.37. The van der Waals surface area contributed by atoms with Gasteiger partial charge in [-0.05, 0) is 64.3 Å². The van der Waals surface area contributed by atoms with E-state index in [9.17, 15) is 0 Å². The molecule has 90 valence electrons. The molecule has 1 rings (SSSR count). The van der Waals surface area contributed by atoms with Crippen LogP contribution < -0.4 is 11.1 Å². The average molecular weight is 213 g/mol. The Labute approximate surface area is 94.4 Å². The maximum absolute atomic E-state index is 5.58. The number of likely N-dealkylation sites (tertiary alicyclic amines) is 1. The SMILES string of the molecule is CC(CN)CCNCC1CCCN(C)C1. The fraction of sp³-hybridized carbons (Fsp3) is 1.00. The molecule has 0 aromatic carbocycles. The molecule has 1 fully saturated rings. The third-order valence-electron chi connectivity index (χ3n) is 3.37. The molecule has 0 bridgehead atoms. The second-order valence-corrected chi connectivity index (χ2v) is 5.10. The molecule has 0 aromatic heterocycles. The number of nitrogens with zero attached hydrogens (tertiary/aromatic N) is 1. The van der Waals surface area contributed by atoms with Crippen molar-refractivity contribution < 1.29 is 0 Å². The Morgan fingerprint density at radius 1 is 1.53 bits per heavy atom. The molecule has 0 aliphatic carbocycles. The van der Waals surface area contributed by atoms with Crippen molar-refractivity contribution in [2.75, 3.05) is 39.8 Å². The van der Waals surface area contributed by atoms with Crippen molar-refractivity contribution in [3.05, 3.63) is 0 Å². The van der Waals surface area contributed by atoms with Gasteiger partial charge in [-0.15, -0.1) is 0 Å². The molecule has 3 N–H and O–H groups in total. The number of rotatable bonds is 6. The fourth-order valence-corrected chi connectivity index (χ4v) is 2.21. The molecular weight excluding hydrogens is 186 g/mol. The maximum Gasteiger partial charge on any atom is 0.00187 e. The predicted molar refractivity (Wildman–Crippen MR) is 65.9 cm³/mol. The Bertz CT molecular complexity index is 161. The van der Waals surface area contributed by atoms with Crippen molar-refractivity contribution in [2.45, 2.75) is 26.2 Å². The molecule has 2 unspecified atom stereocenters. The first kappa shape index (κ1) is 12.9. The minimum atomic E-state index is 0.659. The number of nitrogens with two attached hydrogens (primary N) is 1. The maximum atomic E-state index is 5.58. The van der Waals surface area contributed by atoms with Gasteiger partial charge in [-0.1, -0.05) is 6.92 Å². The fourth-order valence-electron chi connectivity index (χ4n) is 2.21. The molecule has 1 heterocycles. The second-order valence-electron chi connectivity index (χ2n) is 5.10. The lowest BCUT2D eigenvalue weighted by molar-refractivity contribution is 0.206. The number of hydrogen-bond donors (Lipinski definition) is 2. The van der Waals surface area contributed by atoms with E-state index in [1.54, 1.807) is 0 Å². The van der Waals surface area contributed by atoms with E-state index in [2.05, 4.69) is 24.2 Å². The summed E-state index contributed by atoms with van der Waals surface area (Å²) in [5.41, 5.74) is 5.58. The molecule has 0 spiro atoms. The van der Waals surface area contributed by atoms with Gasteiger partial charge < -0.3 is 16.0 Å². The van der Waals surface area contributed by atoms with Crippen molar-refractivity contribution >= 4 is 0 Å². The Morgan fingerprint density at radius 2 is 2.33 bits per heavy atom. The quantitative estimate of drug-likeness (QED) is 0.644. The summed E-state index contributed by atoms with van der Waals surface area (Å²) >= 11 is 0. The van der Waals surface area contributed by atoms with Crippen LogP contribution in [0.3, 0.4) is 0 Å². The van der Waals surface area contributed by atoms with Gasteiger partial charge in [0.2, 0.25) is 0 Å². The highest BCUT2D eigenvalue weighted by atomic mass is 15.1. The minimum Gasteiger partial charge on any atom is -0.330 e. The van der Waals surface area contributed by atoms with E-state index in [1.807, 2.05) is 0 Å². The predicted octanol–water partition coefficient (Wildman–Crippen LogP) is 0.903. The molecule has 0 radical (unpaired) electrons. The highest BCUT2D eigenvalue weighted by molar-refractivity contribution is 4.72. The third kappa shape index (κ3) is 5.50. The van der Waals surface area contributed by atoms with Crippen LogP contribution in [0.15, 0.2) is 0 Å². The molecular formula is C12H27N3. The molecule has 2 atom stereocenters. The first-order valence-corrected chi connectivity index (χ1v) is 6.31. The van der Waals surface area contributed by atoms with Crippen molar-refractivity contribution in [1.82, 2.24) is 10.2 Å². The van der Waals surface area contributed by atoms with E-state index >= 15 is 0 Å². The Balaban J connectivity index is 1.99. The first-order valence-electron chi connectivity index (χ1n) is 6.31. The molecule has 0 saturated carbocycles. The van der Waals surface area contributed by atoms with Gasteiger partial charge >= 0.3 is 0 Å². The summed E-state index contributed by atoms with van der Waals surface area (Å²) in [7, 11) is 2.22. The summed E-state index contributed by atoms with van der Waals surface area (Å²) in [5.74, 6) is 1.52. The van der Waals surface area contributed by atoms with Crippen LogP contribution in [0.4, 0.5) is 0 Å². The van der Waals surface area contributed by atoms with E-state index < -0.39 is 0 Å². The van der Waals surface area contributed by atoms with Crippen LogP contribution >= 0.6 is 0 Å². The van der Waals surface area contributed by atoms with Gasteiger partial charge in [0.25, 0.3) is 0 Å². The standard InChI is InChI=1S/C12H27N3/c1-11(8-13)5-6-14-9-12-4-3-7-15(2)10-12/h11-12,14H,3-10,13H2,1-2H3. The molecule has 0 aromatic rings. The highest BCUT2D eigenvalue weighted by Crippen LogP contribution is 2.13. The first-order chi connectivity index (χ1) is 7.22. The van der Waals surface area contributed by atoms with Gasteiger partial charge in [-0.2, -0.15) is 0 Å². The molecule has 1 aliphatic rings. The average Bonchev–Trinajstić information content (AvgIpc) is 2.24. The van der Waals surface area contributed by atoms with Crippen LogP contribution in [0.1, 0.15) is 26.2 Å². The Kier molecular flexibility index (Phi) is 6.22. The normalized spacial score (nSPS) is 25.4. The topological polar surface area (TPSA) is 41.3 Å². The number of piperidine rings is 1. The van der Waals surface area contributed by atoms with Crippen molar-refractivity contribution in [1.29, 1.82) is 0 Å². The van der Waals surface area contributed by atoms with Gasteiger partial charge in [-0.25, -0.2) is 0 Å². The zero-order valence-corrected chi connectivity index (χ0v) is 10.3. The Morgan fingerprint density at radius 3 is 3.00 bits per heavy atom. The van der Waals surface area contributed by atoms with Crippen LogP contribution in [0.2, 0.25) is 0 Å². The Hall–Kier alpha value is -0.120. The van der Waals surface area contributed by atoms with Crippen LogP contribution in [0.5, 0.6) is 0 Å². The highest BCUT2D eigenvalue weighted by Gasteiger charge is 2.16. The number of hydrogen-bond acceptors (Lipinski definition) is 3. The van der Waals surface area contributed by atoms with E-state index in [0.717, 1.165) is 19.0 Å². The molecule has 15 heavy (non-hydrogen) atoms. The molecule has 1 saturated heterocycles. The summed E-state index contributed by atoms with van der Waals surface area (Å²) < 4.78 is 0. The van der Waals surface area contributed by atoms with E-state index in [1.165, 1.54) is 38.9 Å². The molecule has 3 heteroatoms. The smallest absolute Gasteiger partial charge is 0.00187 e. The lowest BCUT2D eigenvalue weighted by Gasteiger charge is -2.29. The minimum absolute atomic E-state index is 0.659. The summed E-state index contributed by atoms with van der Waals surface area (Å²) in [6.45, 7) is 7.88. The lowest BCUT2D eigenvalue weighted by atomic mass is 9.98. The van der Waals surface area contributed by atoms with E-state index in [-0.39, 0.29) is 0 Å². The van der Waals surface area contributed by atoms with Crippen molar-refractivity contribution in [2.24, 2.45) is 17.6 Å². The number of nitrogens with one attached hydrogen (secondary N) is 1. The van der Waals surface area contributed by atoms with Gasteiger partial charge in [-0.3, -0.25) is 0 Å². The van der Waals surface area contributed by atoms with Crippen molar-refractivity contribution in [3.63, 3.8) is 0 Å². The zero-order chi connectivity index (χ0) is 11.1. The molecule has 0 amide bonds. The van der Waals surface area contributed by atoms with Crippen LogP contribution in [-0.2, 0) is 0 Å². The van der Waals surface area contributed by atoms with Gasteiger partial charge in [0.1, 0.15) is 0 Å². The third-order valence-corrected chi connectivity index (χ3v) is 3.37. The van der Waals surface area contributed by atoms with Crippen LogP contribution in [-0.4, -0.2) is 44.7 Å².